The van der Waals surface area contributed by atoms with E-state index in [9.17, 15) is 0 Å². The smallest absolute Gasteiger partial charge is 0.165 e. The molecule has 1 heterocycles. The summed E-state index contributed by atoms with van der Waals surface area (Å²) in [7, 11) is 0. The highest BCUT2D eigenvalue weighted by atomic mass is 15.0. The Bertz CT molecular complexity index is 3500. The molecule has 12 rings (SSSR count). The molecule has 0 fully saturated rings. The molecule has 0 unspecified atom stereocenters. The molecule has 3 nitrogen and oxygen atoms in total. The lowest BCUT2D eigenvalue weighted by atomic mass is 9.83. The SMILES string of the molecule is c1ccc(-c2nc(-c3ccccc3)nc(-c3c4ccccc4c(-c4cc5cccc6c7ccccc7c7ccccc7c7cccc4c7c56)c4ccccc34)n2)cc1. The molecule has 0 N–H and O–H groups in total. The molecule has 58 heavy (non-hydrogen) atoms. The molecular weight excluding hydrogens is 703 g/mol. The van der Waals surface area contributed by atoms with Crippen molar-refractivity contribution >= 4 is 75.4 Å². The summed E-state index contributed by atoms with van der Waals surface area (Å²) >= 11 is 0. The Kier molecular flexibility index (Phi) is 7.23. The number of hydrogen-bond acceptors (Lipinski definition) is 3. The molecule has 0 aliphatic rings. The second kappa shape index (κ2) is 12.9. The van der Waals surface area contributed by atoms with Crippen LogP contribution < -0.4 is 0 Å². The van der Waals surface area contributed by atoms with Gasteiger partial charge in [-0.2, -0.15) is 0 Å². The standard InChI is InChI=1S/C55H33N3/c1-3-17-34(18-4-1)53-56-54(35-19-5-2-6-20-35)58-55(57-53)52-45-28-13-11-26-43(45)50(44-27-12-14-29-46(44)52)48-33-36-21-15-30-41-39-24-9-7-22-37(39)38-23-8-10-25-40(38)42-31-16-32-47(48)51(42)49(36)41/h1-33H. The Hall–Kier alpha value is -7.75. The number of rotatable bonds is 4. The maximum absolute atomic E-state index is 5.26. The van der Waals surface area contributed by atoms with Crippen LogP contribution >= 0.6 is 0 Å². The normalized spacial score (nSPS) is 11.8. The van der Waals surface area contributed by atoms with E-state index < -0.39 is 0 Å². The molecule has 3 heteroatoms. The summed E-state index contributed by atoms with van der Waals surface area (Å²) in [5.74, 6) is 1.95. The van der Waals surface area contributed by atoms with Crippen LogP contribution in [0.4, 0.5) is 0 Å². The summed E-state index contributed by atoms with van der Waals surface area (Å²) in [6.45, 7) is 0. The lowest BCUT2D eigenvalue weighted by Gasteiger charge is -2.20. The van der Waals surface area contributed by atoms with Gasteiger partial charge in [0, 0.05) is 16.7 Å². The second-order valence-electron chi connectivity index (χ2n) is 15.0. The minimum Gasteiger partial charge on any atom is -0.208 e. The maximum Gasteiger partial charge on any atom is 0.165 e. The van der Waals surface area contributed by atoms with Gasteiger partial charge >= 0.3 is 0 Å². The fourth-order valence-corrected chi connectivity index (χ4v) is 9.39. The van der Waals surface area contributed by atoms with E-state index in [4.69, 9.17) is 15.0 Å². The van der Waals surface area contributed by atoms with Gasteiger partial charge in [0.2, 0.25) is 0 Å². The molecular formula is C55H33N3. The van der Waals surface area contributed by atoms with E-state index >= 15 is 0 Å². The van der Waals surface area contributed by atoms with Crippen LogP contribution in [-0.2, 0) is 0 Å². The minimum absolute atomic E-state index is 0.647. The molecule has 0 spiro atoms. The van der Waals surface area contributed by atoms with Gasteiger partial charge in [0.05, 0.1) is 0 Å². The third kappa shape index (κ3) is 4.90. The highest BCUT2D eigenvalue weighted by Crippen LogP contribution is 2.48. The second-order valence-corrected chi connectivity index (χ2v) is 15.0. The lowest BCUT2D eigenvalue weighted by Crippen LogP contribution is -2.01. The molecule has 0 aliphatic carbocycles. The van der Waals surface area contributed by atoms with E-state index in [-0.39, 0.29) is 0 Å². The van der Waals surface area contributed by atoms with Crippen molar-refractivity contribution in [3.8, 4) is 45.3 Å². The summed E-state index contributed by atoms with van der Waals surface area (Å²) in [6, 6.07) is 71.8. The Balaban J connectivity index is 1.23. The van der Waals surface area contributed by atoms with Crippen molar-refractivity contribution < 1.29 is 0 Å². The highest BCUT2D eigenvalue weighted by molar-refractivity contribution is 6.36. The molecule has 0 bridgehead atoms. The minimum atomic E-state index is 0.647. The first kappa shape index (κ1) is 32.5. The van der Waals surface area contributed by atoms with Crippen LogP contribution in [-0.4, -0.2) is 15.0 Å². The summed E-state index contributed by atoms with van der Waals surface area (Å²) < 4.78 is 0. The van der Waals surface area contributed by atoms with Crippen LogP contribution in [0.2, 0.25) is 0 Å². The largest absolute Gasteiger partial charge is 0.208 e. The van der Waals surface area contributed by atoms with Crippen LogP contribution in [0.5, 0.6) is 0 Å². The maximum atomic E-state index is 5.26. The van der Waals surface area contributed by atoms with E-state index in [1.54, 1.807) is 0 Å². The fraction of sp³-hybridized carbons (Fsp3) is 0. The number of hydrogen-bond donors (Lipinski definition) is 0. The molecule has 0 radical (unpaired) electrons. The zero-order chi connectivity index (χ0) is 38.2. The van der Waals surface area contributed by atoms with Gasteiger partial charge < -0.3 is 0 Å². The van der Waals surface area contributed by atoms with Crippen LogP contribution in [0.15, 0.2) is 200 Å². The van der Waals surface area contributed by atoms with Crippen LogP contribution in [0.25, 0.3) is 121 Å². The van der Waals surface area contributed by atoms with Gasteiger partial charge in [-0.3, -0.25) is 0 Å². The third-order valence-electron chi connectivity index (χ3n) is 11.8. The number of benzene rings is 10. The van der Waals surface area contributed by atoms with Crippen molar-refractivity contribution in [3.63, 3.8) is 0 Å². The van der Waals surface area contributed by atoms with Crippen molar-refractivity contribution in [3.05, 3.63) is 200 Å². The van der Waals surface area contributed by atoms with Gasteiger partial charge in [0.1, 0.15) is 0 Å². The third-order valence-corrected chi connectivity index (χ3v) is 11.8. The van der Waals surface area contributed by atoms with Gasteiger partial charge in [-0.1, -0.05) is 194 Å². The Labute approximate surface area is 334 Å². The van der Waals surface area contributed by atoms with Crippen molar-refractivity contribution in [2.45, 2.75) is 0 Å². The summed E-state index contributed by atoms with van der Waals surface area (Å²) in [5, 5.41) is 17.0. The molecule has 12 aromatic rings. The topological polar surface area (TPSA) is 38.7 Å². The van der Waals surface area contributed by atoms with Crippen molar-refractivity contribution in [2.75, 3.05) is 0 Å². The van der Waals surface area contributed by atoms with Crippen LogP contribution in [0.3, 0.4) is 0 Å². The Morgan fingerprint density at radius 3 is 1.12 bits per heavy atom. The Morgan fingerprint density at radius 1 is 0.241 bits per heavy atom. The van der Waals surface area contributed by atoms with Gasteiger partial charge in [-0.05, 0) is 92.6 Å². The molecule has 268 valence electrons. The van der Waals surface area contributed by atoms with Crippen LogP contribution in [0.1, 0.15) is 0 Å². The molecule has 11 aromatic carbocycles. The predicted octanol–water partition coefficient (Wildman–Crippen LogP) is 14.6. The average molecular weight is 736 g/mol. The summed E-state index contributed by atoms with van der Waals surface area (Å²) in [6.07, 6.45) is 0. The monoisotopic (exact) mass is 735 g/mol. The van der Waals surface area contributed by atoms with Crippen LogP contribution in [0, 0.1) is 0 Å². The number of nitrogens with zero attached hydrogens (tertiary/aromatic N) is 3. The quantitative estimate of drug-likeness (QED) is 0.133. The van der Waals surface area contributed by atoms with E-state index in [0.717, 1.165) is 38.2 Å². The zero-order valence-electron chi connectivity index (χ0n) is 31.4. The van der Waals surface area contributed by atoms with E-state index in [1.807, 2.05) is 36.4 Å². The van der Waals surface area contributed by atoms with Gasteiger partial charge in [0.15, 0.2) is 17.5 Å². The highest BCUT2D eigenvalue weighted by Gasteiger charge is 2.23. The fourth-order valence-electron chi connectivity index (χ4n) is 9.39. The summed E-state index contributed by atoms with van der Waals surface area (Å²) in [5.41, 5.74) is 5.31. The van der Waals surface area contributed by atoms with Crippen molar-refractivity contribution in [1.82, 2.24) is 15.0 Å². The average Bonchev–Trinajstić information content (AvgIpc) is 3.30. The Morgan fingerprint density at radius 2 is 0.603 bits per heavy atom. The molecule has 0 atom stereocenters. The van der Waals surface area contributed by atoms with Gasteiger partial charge in [-0.25, -0.2) is 15.0 Å². The first-order valence-corrected chi connectivity index (χ1v) is 19.8. The first-order valence-electron chi connectivity index (χ1n) is 19.8. The first-order chi connectivity index (χ1) is 28.8. The number of fused-ring (bicyclic) bond motifs is 7. The molecule has 0 saturated heterocycles. The zero-order valence-corrected chi connectivity index (χ0v) is 31.4. The molecule has 0 saturated carbocycles. The van der Waals surface area contributed by atoms with E-state index in [2.05, 4.69) is 164 Å². The molecule has 0 amide bonds. The van der Waals surface area contributed by atoms with E-state index in [1.165, 1.54) is 65.0 Å². The number of aromatic nitrogens is 3. The predicted molar refractivity (Wildman–Crippen MR) is 244 cm³/mol. The summed E-state index contributed by atoms with van der Waals surface area (Å²) in [4.78, 5) is 15.5. The lowest BCUT2D eigenvalue weighted by molar-refractivity contribution is 1.08. The molecule has 0 aliphatic heterocycles. The van der Waals surface area contributed by atoms with Gasteiger partial charge in [-0.15, -0.1) is 0 Å². The van der Waals surface area contributed by atoms with Crippen molar-refractivity contribution in [1.29, 1.82) is 0 Å². The van der Waals surface area contributed by atoms with Crippen molar-refractivity contribution in [2.24, 2.45) is 0 Å². The van der Waals surface area contributed by atoms with Gasteiger partial charge in [0.25, 0.3) is 0 Å². The van der Waals surface area contributed by atoms with E-state index in [0.29, 0.717) is 17.5 Å². The molecule has 1 aromatic heterocycles.